The first-order valence-corrected chi connectivity index (χ1v) is 6.41. The lowest BCUT2D eigenvalue weighted by Crippen LogP contribution is -2.17. The smallest absolute Gasteiger partial charge is 0.163 e. The summed E-state index contributed by atoms with van der Waals surface area (Å²) < 4.78 is 16.6. The summed E-state index contributed by atoms with van der Waals surface area (Å²) in [6.07, 6.45) is 0.809. The fraction of sp³-hybridized carbons (Fsp3) is 0.357. The van der Waals surface area contributed by atoms with Gasteiger partial charge in [0.15, 0.2) is 11.5 Å². The van der Waals surface area contributed by atoms with Crippen molar-refractivity contribution in [1.82, 2.24) is 4.98 Å². The fourth-order valence-corrected chi connectivity index (χ4v) is 2.63. The van der Waals surface area contributed by atoms with Crippen LogP contribution in [0.5, 0.6) is 11.5 Å². The molecule has 0 aliphatic carbocycles. The molecule has 98 valence electrons. The maximum atomic E-state index is 6.26. The molecule has 3 heterocycles. The van der Waals surface area contributed by atoms with E-state index in [9.17, 15) is 0 Å². The Morgan fingerprint density at radius 3 is 2.68 bits per heavy atom. The lowest BCUT2D eigenvalue weighted by atomic mass is 10.0. The molecule has 2 aliphatic heterocycles. The van der Waals surface area contributed by atoms with E-state index in [0.29, 0.717) is 26.4 Å². The molecule has 2 N–H and O–H groups in total. The highest BCUT2D eigenvalue weighted by Crippen LogP contribution is 2.38. The number of ether oxygens (including phenoxy) is 3. The molecule has 0 atom stereocenters. The van der Waals surface area contributed by atoms with E-state index < -0.39 is 0 Å². The van der Waals surface area contributed by atoms with Crippen LogP contribution in [0.3, 0.4) is 0 Å². The van der Waals surface area contributed by atoms with Crippen molar-refractivity contribution in [2.75, 3.05) is 25.6 Å². The topological polar surface area (TPSA) is 66.6 Å². The van der Waals surface area contributed by atoms with Crippen LogP contribution in [0.4, 0.5) is 5.69 Å². The molecule has 0 saturated carbocycles. The highest BCUT2D eigenvalue weighted by Gasteiger charge is 2.20. The number of nitrogens with zero attached hydrogens (tertiary/aromatic N) is 1. The minimum absolute atomic E-state index is 0.540. The van der Waals surface area contributed by atoms with Crippen molar-refractivity contribution in [2.24, 2.45) is 0 Å². The molecule has 4 rings (SSSR count). The van der Waals surface area contributed by atoms with Crippen molar-refractivity contribution >= 4 is 16.6 Å². The molecule has 0 radical (unpaired) electrons. The largest absolute Gasteiger partial charge is 0.486 e. The van der Waals surface area contributed by atoms with E-state index in [1.165, 1.54) is 0 Å². The Balaban J connectivity index is 1.99. The Labute approximate surface area is 110 Å². The lowest BCUT2D eigenvalue weighted by Gasteiger charge is -2.22. The van der Waals surface area contributed by atoms with E-state index >= 15 is 0 Å². The van der Waals surface area contributed by atoms with Crippen LogP contribution in [0.1, 0.15) is 11.3 Å². The number of fused-ring (bicyclic) bond motifs is 3. The molecule has 19 heavy (non-hydrogen) atoms. The van der Waals surface area contributed by atoms with Gasteiger partial charge in [0.25, 0.3) is 0 Å². The molecule has 1 aromatic carbocycles. The van der Waals surface area contributed by atoms with Crippen LogP contribution in [0.2, 0.25) is 0 Å². The number of anilines is 1. The highest BCUT2D eigenvalue weighted by atomic mass is 16.6. The van der Waals surface area contributed by atoms with Gasteiger partial charge < -0.3 is 19.9 Å². The quantitative estimate of drug-likeness (QED) is 0.778. The molecule has 2 aliphatic rings. The summed E-state index contributed by atoms with van der Waals surface area (Å²) >= 11 is 0. The average Bonchev–Trinajstić information content (AvgIpc) is 2.46. The van der Waals surface area contributed by atoms with Gasteiger partial charge in [-0.1, -0.05) is 0 Å². The van der Waals surface area contributed by atoms with Crippen molar-refractivity contribution in [1.29, 1.82) is 0 Å². The zero-order chi connectivity index (χ0) is 12.8. The summed E-state index contributed by atoms with van der Waals surface area (Å²) in [5.41, 5.74) is 9.91. The SMILES string of the molecule is Nc1c2c(nc3cc4c(cc13)OCCO4)CCOC2. The van der Waals surface area contributed by atoms with E-state index in [2.05, 4.69) is 4.98 Å². The number of pyridine rings is 1. The van der Waals surface area contributed by atoms with Gasteiger partial charge in [0.05, 0.1) is 24.4 Å². The molecule has 5 heteroatoms. The van der Waals surface area contributed by atoms with Gasteiger partial charge >= 0.3 is 0 Å². The van der Waals surface area contributed by atoms with E-state index in [0.717, 1.165) is 45.8 Å². The van der Waals surface area contributed by atoms with Crippen LogP contribution in [-0.4, -0.2) is 24.8 Å². The summed E-state index contributed by atoms with van der Waals surface area (Å²) in [6, 6.07) is 3.83. The molecule has 0 unspecified atom stereocenters. The van der Waals surface area contributed by atoms with Crippen molar-refractivity contribution in [3.05, 3.63) is 23.4 Å². The molecule has 0 saturated heterocycles. The zero-order valence-electron chi connectivity index (χ0n) is 10.4. The number of hydrogen-bond donors (Lipinski definition) is 1. The Morgan fingerprint density at radius 1 is 1.05 bits per heavy atom. The molecule has 0 spiro atoms. The predicted octanol–water partition coefficient (Wildman–Crippen LogP) is 1.66. The predicted molar refractivity (Wildman–Crippen MR) is 70.5 cm³/mol. The molecule has 0 bridgehead atoms. The second-order valence-electron chi connectivity index (χ2n) is 4.77. The van der Waals surface area contributed by atoms with E-state index in [-0.39, 0.29) is 0 Å². The van der Waals surface area contributed by atoms with Crippen LogP contribution < -0.4 is 15.2 Å². The van der Waals surface area contributed by atoms with Gasteiger partial charge in [0, 0.05) is 29.1 Å². The van der Waals surface area contributed by atoms with Crippen LogP contribution in [0.25, 0.3) is 10.9 Å². The van der Waals surface area contributed by atoms with Gasteiger partial charge in [-0.2, -0.15) is 0 Å². The number of nitrogens with two attached hydrogens (primary N) is 1. The molecular formula is C14H14N2O3. The van der Waals surface area contributed by atoms with E-state index in [1.807, 2.05) is 12.1 Å². The van der Waals surface area contributed by atoms with Gasteiger partial charge in [-0.15, -0.1) is 0 Å². The monoisotopic (exact) mass is 258 g/mol. The van der Waals surface area contributed by atoms with Gasteiger partial charge in [-0.3, -0.25) is 4.98 Å². The summed E-state index contributed by atoms with van der Waals surface area (Å²) in [6.45, 7) is 2.39. The second kappa shape index (κ2) is 3.99. The third-order valence-electron chi connectivity index (χ3n) is 3.61. The van der Waals surface area contributed by atoms with Gasteiger partial charge in [-0.25, -0.2) is 0 Å². The molecule has 0 amide bonds. The van der Waals surface area contributed by atoms with Crippen molar-refractivity contribution < 1.29 is 14.2 Å². The van der Waals surface area contributed by atoms with Crippen LogP contribution in [0, 0.1) is 0 Å². The highest BCUT2D eigenvalue weighted by molar-refractivity contribution is 5.94. The molecule has 0 fully saturated rings. The third kappa shape index (κ3) is 1.62. The summed E-state index contributed by atoms with van der Waals surface area (Å²) in [4.78, 5) is 4.69. The Hall–Kier alpha value is -2.01. The number of nitrogen functional groups attached to an aromatic ring is 1. The van der Waals surface area contributed by atoms with Crippen LogP contribution in [0.15, 0.2) is 12.1 Å². The maximum Gasteiger partial charge on any atom is 0.163 e. The van der Waals surface area contributed by atoms with Crippen LogP contribution in [-0.2, 0) is 17.8 Å². The normalized spacial score (nSPS) is 17.3. The lowest BCUT2D eigenvalue weighted by molar-refractivity contribution is 0.110. The Kier molecular flexibility index (Phi) is 2.29. The minimum Gasteiger partial charge on any atom is -0.486 e. The van der Waals surface area contributed by atoms with Crippen molar-refractivity contribution in [2.45, 2.75) is 13.0 Å². The molecular weight excluding hydrogens is 244 g/mol. The minimum atomic E-state index is 0.540. The maximum absolute atomic E-state index is 6.26. The van der Waals surface area contributed by atoms with Crippen molar-refractivity contribution in [3.63, 3.8) is 0 Å². The van der Waals surface area contributed by atoms with Crippen molar-refractivity contribution in [3.8, 4) is 11.5 Å². The molecule has 2 aromatic rings. The van der Waals surface area contributed by atoms with Gasteiger partial charge in [0.1, 0.15) is 13.2 Å². The Bertz CT molecular complexity index is 664. The standard InChI is InChI=1S/C14H14N2O3/c15-14-8-5-12-13(19-4-3-18-12)6-11(8)16-10-1-2-17-7-9(10)14/h5-6H,1-4,7H2,(H2,15,16). The fourth-order valence-electron chi connectivity index (χ4n) is 2.63. The van der Waals surface area contributed by atoms with Crippen LogP contribution >= 0.6 is 0 Å². The third-order valence-corrected chi connectivity index (χ3v) is 3.61. The number of aromatic nitrogens is 1. The summed E-state index contributed by atoms with van der Waals surface area (Å²) in [5.74, 6) is 1.49. The summed E-state index contributed by atoms with van der Waals surface area (Å²) in [5, 5.41) is 0.911. The average molecular weight is 258 g/mol. The second-order valence-corrected chi connectivity index (χ2v) is 4.77. The molecule has 1 aromatic heterocycles. The number of rotatable bonds is 0. The van der Waals surface area contributed by atoms with E-state index in [1.54, 1.807) is 0 Å². The number of benzene rings is 1. The van der Waals surface area contributed by atoms with Gasteiger partial charge in [0.2, 0.25) is 0 Å². The first kappa shape index (κ1) is 10.9. The first-order valence-electron chi connectivity index (χ1n) is 6.41. The van der Waals surface area contributed by atoms with E-state index in [4.69, 9.17) is 19.9 Å². The van der Waals surface area contributed by atoms with Gasteiger partial charge in [-0.05, 0) is 6.07 Å². The number of hydrogen-bond acceptors (Lipinski definition) is 5. The zero-order valence-corrected chi connectivity index (χ0v) is 10.4. The molecule has 5 nitrogen and oxygen atoms in total. The Morgan fingerprint density at radius 2 is 1.84 bits per heavy atom. The summed E-state index contributed by atoms with van der Waals surface area (Å²) in [7, 11) is 0. The first-order chi connectivity index (χ1) is 9.33.